The van der Waals surface area contributed by atoms with Gasteiger partial charge in [0.15, 0.2) is 0 Å². The second-order valence-corrected chi connectivity index (χ2v) is 6.94. The van der Waals surface area contributed by atoms with Gasteiger partial charge in [0.05, 0.1) is 20.6 Å². The van der Waals surface area contributed by atoms with Gasteiger partial charge in [-0.25, -0.2) is 0 Å². The molecular formula is C22H24F3NO4. The molecule has 1 amide bonds. The van der Waals surface area contributed by atoms with Gasteiger partial charge in [0.1, 0.15) is 12.3 Å². The third-order valence-electron chi connectivity index (χ3n) is 4.57. The molecule has 0 unspecified atom stereocenters. The highest BCUT2D eigenvalue weighted by Crippen LogP contribution is 2.35. The molecule has 0 saturated heterocycles. The number of esters is 1. The van der Waals surface area contributed by atoms with E-state index in [4.69, 9.17) is 9.47 Å². The van der Waals surface area contributed by atoms with E-state index >= 15 is 0 Å². The van der Waals surface area contributed by atoms with E-state index in [1.807, 2.05) is 13.0 Å². The lowest BCUT2D eigenvalue weighted by molar-refractivity contribution is -0.161. The van der Waals surface area contributed by atoms with Crippen molar-refractivity contribution in [1.29, 1.82) is 0 Å². The number of hydrogen-bond acceptors (Lipinski definition) is 4. The molecule has 0 atom stereocenters. The summed E-state index contributed by atoms with van der Waals surface area (Å²) in [6.45, 7) is 1.38. The van der Waals surface area contributed by atoms with Crippen LogP contribution in [-0.2, 0) is 27.3 Å². The second-order valence-electron chi connectivity index (χ2n) is 6.94. The number of methoxy groups -OCH3 is 2. The lowest BCUT2D eigenvalue weighted by atomic mass is 9.94. The average Bonchev–Trinajstić information content (AvgIpc) is 2.66. The molecule has 5 nitrogen and oxygen atoms in total. The van der Waals surface area contributed by atoms with Crippen LogP contribution in [0.4, 0.5) is 13.2 Å². The van der Waals surface area contributed by atoms with Crippen molar-refractivity contribution in [3.05, 3.63) is 53.1 Å². The zero-order chi connectivity index (χ0) is 22.5. The van der Waals surface area contributed by atoms with Crippen LogP contribution in [0.25, 0.3) is 11.1 Å². The zero-order valence-corrected chi connectivity index (χ0v) is 17.3. The number of benzene rings is 2. The van der Waals surface area contributed by atoms with Gasteiger partial charge in [-0.15, -0.1) is 0 Å². The predicted octanol–water partition coefficient (Wildman–Crippen LogP) is 4.30. The van der Waals surface area contributed by atoms with E-state index in [2.05, 4.69) is 0 Å². The molecule has 0 spiro atoms. The molecule has 0 saturated carbocycles. The molecule has 0 aliphatic heterocycles. The van der Waals surface area contributed by atoms with Crippen LogP contribution in [0.3, 0.4) is 0 Å². The van der Waals surface area contributed by atoms with Crippen LogP contribution in [0.1, 0.15) is 23.6 Å². The van der Waals surface area contributed by atoms with Gasteiger partial charge in [-0.3, -0.25) is 9.59 Å². The Hall–Kier alpha value is -3.03. The minimum absolute atomic E-state index is 0.0440. The number of nitrogens with zero attached hydrogens (tertiary/aromatic N) is 1. The number of halogens is 3. The van der Waals surface area contributed by atoms with Crippen molar-refractivity contribution in [2.45, 2.75) is 33.0 Å². The number of rotatable bonds is 7. The van der Waals surface area contributed by atoms with Crippen LogP contribution in [0.2, 0.25) is 0 Å². The van der Waals surface area contributed by atoms with Crippen LogP contribution >= 0.6 is 0 Å². The van der Waals surface area contributed by atoms with E-state index in [0.717, 1.165) is 17.4 Å². The molecule has 0 aliphatic rings. The molecule has 2 aromatic rings. The van der Waals surface area contributed by atoms with Gasteiger partial charge in [-0.05, 0) is 35.7 Å². The zero-order valence-electron chi connectivity index (χ0n) is 17.3. The average molecular weight is 423 g/mol. The standard InChI is InChI=1S/C22H24F3NO4/c1-14-5-7-18(17(9-14)12-26(15(2)27)13-22(23,24)25)19-10-16(11-21(28)30-4)6-8-20(19)29-3/h5-10H,11-13H2,1-4H3. The van der Waals surface area contributed by atoms with E-state index in [1.54, 1.807) is 30.3 Å². The summed E-state index contributed by atoms with van der Waals surface area (Å²) in [4.78, 5) is 24.2. The van der Waals surface area contributed by atoms with Crippen LogP contribution in [0, 0.1) is 6.92 Å². The molecule has 8 heteroatoms. The first-order valence-corrected chi connectivity index (χ1v) is 9.20. The first-order chi connectivity index (χ1) is 14.0. The summed E-state index contributed by atoms with van der Waals surface area (Å²) >= 11 is 0. The topological polar surface area (TPSA) is 55.8 Å². The second kappa shape index (κ2) is 9.65. The quantitative estimate of drug-likeness (QED) is 0.624. The van der Waals surface area contributed by atoms with Crippen LogP contribution in [0.15, 0.2) is 36.4 Å². The molecule has 162 valence electrons. The number of carbonyl (C=O) groups excluding carboxylic acids is 2. The molecule has 0 heterocycles. The van der Waals surface area contributed by atoms with Gasteiger partial charge >= 0.3 is 12.1 Å². The van der Waals surface area contributed by atoms with E-state index in [1.165, 1.54) is 14.2 Å². The molecule has 0 aromatic heterocycles. The minimum atomic E-state index is -4.51. The monoisotopic (exact) mass is 423 g/mol. The van der Waals surface area contributed by atoms with Gasteiger partial charge in [-0.1, -0.05) is 29.8 Å². The largest absolute Gasteiger partial charge is 0.496 e. The maximum atomic E-state index is 12.9. The number of hydrogen-bond donors (Lipinski definition) is 0. The Bertz CT molecular complexity index is 925. The number of ether oxygens (including phenoxy) is 2. The number of alkyl halides is 3. The molecule has 0 N–H and O–H groups in total. The lowest BCUT2D eigenvalue weighted by Crippen LogP contribution is -2.37. The maximum absolute atomic E-state index is 12.9. The lowest BCUT2D eigenvalue weighted by Gasteiger charge is -2.24. The van der Waals surface area contributed by atoms with Crippen molar-refractivity contribution in [1.82, 2.24) is 4.90 Å². The predicted molar refractivity (Wildman–Crippen MR) is 106 cm³/mol. The molecule has 2 rings (SSSR count). The van der Waals surface area contributed by atoms with Gasteiger partial charge in [0.2, 0.25) is 5.91 Å². The highest BCUT2D eigenvalue weighted by Gasteiger charge is 2.32. The summed E-state index contributed by atoms with van der Waals surface area (Å²) < 4.78 is 48.9. The van der Waals surface area contributed by atoms with Crippen molar-refractivity contribution in [3.8, 4) is 16.9 Å². The van der Waals surface area contributed by atoms with E-state index < -0.39 is 24.6 Å². The van der Waals surface area contributed by atoms with E-state index in [0.29, 0.717) is 28.0 Å². The SMILES string of the molecule is COC(=O)Cc1ccc(OC)c(-c2ccc(C)cc2CN(CC(F)(F)F)C(C)=O)c1. The number of amides is 1. The van der Waals surface area contributed by atoms with Gasteiger partial charge in [-0.2, -0.15) is 13.2 Å². The summed E-state index contributed by atoms with van der Waals surface area (Å²) in [5, 5.41) is 0. The number of aryl methyl sites for hydroxylation is 1. The Morgan fingerprint density at radius 2 is 1.73 bits per heavy atom. The van der Waals surface area contributed by atoms with Crippen molar-refractivity contribution >= 4 is 11.9 Å². The van der Waals surface area contributed by atoms with E-state index in [9.17, 15) is 22.8 Å². The maximum Gasteiger partial charge on any atom is 0.406 e. The van der Waals surface area contributed by atoms with Crippen molar-refractivity contribution < 1.29 is 32.2 Å². The third-order valence-corrected chi connectivity index (χ3v) is 4.57. The fourth-order valence-electron chi connectivity index (χ4n) is 3.13. The Labute approximate surface area is 173 Å². The first-order valence-electron chi connectivity index (χ1n) is 9.20. The van der Waals surface area contributed by atoms with Crippen molar-refractivity contribution in [2.75, 3.05) is 20.8 Å². The summed E-state index contributed by atoms with van der Waals surface area (Å²) in [6, 6.07) is 10.5. The Morgan fingerprint density at radius 3 is 2.30 bits per heavy atom. The molecule has 0 bridgehead atoms. The van der Waals surface area contributed by atoms with Crippen molar-refractivity contribution in [2.24, 2.45) is 0 Å². The van der Waals surface area contributed by atoms with Crippen molar-refractivity contribution in [3.63, 3.8) is 0 Å². The summed E-state index contributed by atoms with van der Waals surface area (Å²) in [7, 11) is 2.78. The highest BCUT2D eigenvalue weighted by atomic mass is 19.4. The van der Waals surface area contributed by atoms with Gasteiger partial charge < -0.3 is 14.4 Å². The van der Waals surface area contributed by atoms with E-state index in [-0.39, 0.29) is 13.0 Å². The molecule has 0 radical (unpaired) electrons. The van der Waals surface area contributed by atoms with Crippen LogP contribution < -0.4 is 4.74 Å². The number of carbonyl (C=O) groups is 2. The van der Waals surface area contributed by atoms with Crippen LogP contribution in [-0.4, -0.2) is 43.7 Å². The fraction of sp³-hybridized carbons (Fsp3) is 0.364. The third kappa shape index (κ3) is 6.23. The first kappa shape index (κ1) is 23.3. The Morgan fingerprint density at radius 1 is 1.03 bits per heavy atom. The minimum Gasteiger partial charge on any atom is -0.496 e. The van der Waals surface area contributed by atoms with Crippen LogP contribution in [0.5, 0.6) is 5.75 Å². The molecular weight excluding hydrogens is 399 g/mol. The molecule has 0 aliphatic carbocycles. The summed E-state index contributed by atoms with van der Waals surface area (Å²) in [6.07, 6.45) is -4.46. The van der Waals surface area contributed by atoms with Gasteiger partial charge in [0.25, 0.3) is 0 Å². The smallest absolute Gasteiger partial charge is 0.406 e. The Balaban J connectivity index is 2.53. The molecule has 2 aromatic carbocycles. The normalized spacial score (nSPS) is 11.2. The van der Waals surface area contributed by atoms with Gasteiger partial charge in [0, 0.05) is 19.0 Å². The highest BCUT2D eigenvalue weighted by molar-refractivity contribution is 5.78. The molecule has 30 heavy (non-hydrogen) atoms. The Kier molecular flexibility index (Phi) is 7.48. The summed E-state index contributed by atoms with van der Waals surface area (Å²) in [5.74, 6) is -0.590. The fourth-order valence-corrected chi connectivity index (χ4v) is 3.13. The summed E-state index contributed by atoms with van der Waals surface area (Å²) in [5.41, 5.74) is 3.29. The molecule has 0 fully saturated rings.